The average molecular weight is 152 g/mol. The van der Waals surface area contributed by atoms with E-state index in [2.05, 4.69) is 15.8 Å². The molecule has 1 unspecified atom stereocenters. The molecule has 0 bridgehead atoms. The van der Waals surface area contributed by atoms with Crippen molar-refractivity contribution in [2.24, 2.45) is 0 Å². The van der Waals surface area contributed by atoms with Gasteiger partial charge in [0.2, 0.25) is 0 Å². The summed E-state index contributed by atoms with van der Waals surface area (Å²) in [6, 6.07) is 2.06. The molecule has 5 nitrogen and oxygen atoms in total. The van der Waals surface area contributed by atoms with Gasteiger partial charge in [0.1, 0.15) is 12.3 Å². The van der Waals surface area contributed by atoms with Gasteiger partial charge in [-0.3, -0.25) is 5.43 Å². The summed E-state index contributed by atoms with van der Waals surface area (Å²) < 4.78 is 4.83. The maximum Gasteiger partial charge on any atom is 0.309 e. The maximum absolute atomic E-state index is 8.36. The van der Waals surface area contributed by atoms with Crippen LogP contribution in [0, 0.1) is 11.3 Å². The number of rotatable bonds is 3. The normalized spacial score (nSPS) is 12.0. The first kappa shape index (κ1) is 7.57. The molecule has 1 rings (SSSR count). The Hall–Kier alpha value is -1.54. The zero-order valence-electron chi connectivity index (χ0n) is 6.03. The molecule has 0 aliphatic carbocycles. The largest absolute Gasteiger partial charge is 0.431 e. The summed E-state index contributed by atoms with van der Waals surface area (Å²) in [5, 5.41) is 8.36. The van der Waals surface area contributed by atoms with Gasteiger partial charge in [-0.05, 0) is 6.92 Å². The van der Waals surface area contributed by atoms with Crippen LogP contribution >= 0.6 is 0 Å². The van der Waals surface area contributed by atoms with Gasteiger partial charge in [-0.25, -0.2) is 10.4 Å². The zero-order chi connectivity index (χ0) is 8.10. The Bertz CT molecular complexity index is 238. The van der Waals surface area contributed by atoms with Crippen molar-refractivity contribution in [2.75, 3.05) is 5.43 Å². The van der Waals surface area contributed by atoms with E-state index in [-0.39, 0.29) is 6.04 Å². The molecule has 0 fully saturated rings. The second-order valence-electron chi connectivity index (χ2n) is 1.96. The highest BCUT2D eigenvalue weighted by atomic mass is 16.4. The Kier molecular flexibility index (Phi) is 2.47. The lowest BCUT2D eigenvalue weighted by atomic mass is 10.4. The highest BCUT2D eigenvalue weighted by Gasteiger charge is 1.98. The minimum Gasteiger partial charge on any atom is -0.431 e. The van der Waals surface area contributed by atoms with Crippen LogP contribution in [0.15, 0.2) is 16.9 Å². The van der Waals surface area contributed by atoms with Crippen molar-refractivity contribution in [3.63, 3.8) is 0 Å². The smallest absolute Gasteiger partial charge is 0.309 e. The Morgan fingerprint density at radius 3 is 3.18 bits per heavy atom. The minimum atomic E-state index is -0.276. The van der Waals surface area contributed by atoms with E-state index in [0.717, 1.165) is 0 Å². The van der Waals surface area contributed by atoms with Gasteiger partial charge in [0.05, 0.1) is 12.3 Å². The molecule has 11 heavy (non-hydrogen) atoms. The van der Waals surface area contributed by atoms with E-state index in [9.17, 15) is 0 Å². The quantitative estimate of drug-likeness (QED) is 0.617. The van der Waals surface area contributed by atoms with Crippen molar-refractivity contribution >= 4 is 6.01 Å². The number of hydrazine groups is 1. The topological polar surface area (TPSA) is 73.9 Å². The standard InChI is InChI=1S/C6H8N4O/c1-5(4-7)9-10-6-8-2-3-11-6/h2-3,5,9H,1H3,(H,8,10). The molecule has 0 aromatic carbocycles. The predicted octanol–water partition coefficient (Wildman–Crippen LogP) is 0.503. The lowest BCUT2D eigenvalue weighted by molar-refractivity contribution is 0.553. The molecule has 0 radical (unpaired) electrons. The third-order valence-corrected chi connectivity index (χ3v) is 1.02. The van der Waals surface area contributed by atoms with Gasteiger partial charge in [0.15, 0.2) is 0 Å². The van der Waals surface area contributed by atoms with Crippen molar-refractivity contribution in [1.82, 2.24) is 10.4 Å². The number of nitrogens with zero attached hydrogens (tertiary/aromatic N) is 2. The molecule has 0 amide bonds. The van der Waals surface area contributed by atoms with Gasteiger partial charge in [-0.2, -0.15) is 5.26 Å². The Labute approximate surface area is 64.0 Å². The Morgan fingerprint density at radius 2 is 2.64 bits per heavy atom. The van der Waals surface area contributed by atoms with E-state index in [1.165, 1.54) is 12.5 Å². The minimum absolute atomic E-state index is 0.276. The van der Waals surface area contributed by atoms with Gasteiger partial charge < -0.3 is 4.42 Å². The van der Waals surface area contributed by atoms with Crippen LogP contribution in [0.25, 0.3) is 0 Å². The number of nitrogens with one attached hydrogen (secondary N) is 2. The molecule has 1 aromatic heterocycles. The zero-order valence-corrected chi connectivity index (χ0v) is 6.03. The number of anilines is 1. The highest BCUT2D eigenvalue weighted by Crippen LogP contribution is 1.97. The van der Waals surface area contributed by atoms with Crippen LogP contribution < -0.4 is 10.9 Å². The molecule has 0 aliphatic rings. The van der Waals surface area contributed by atoms with Crippen molar-refractivity contribution in [2.45, 2.75) is 13.0 Å². The van der Waals surface area contributed by atoms with E-state index < -0.39 is 0 Å². The van der Waals surface area contributed by atoms with Crippen molar-refractivity contribution in [3.05, 3.63) is 12.5 Å². The second-order valence-corrected chi connectivity index (χ2v) is 1.96. The Morgan fingerprint density at radius 1 is 1.82 bits per heavy atom. The molecule has 1 atom stereocenters. The monoisotopic (exact) mass is 152 g/mol. The highest BCUT2D eigenvalue weighted by molar-refractivity contribution is 5.15. The van der Waals surface area contributed by atoms with Crippen LogP contribution in [-0.4, -0.2) is 11.0 Å². The van der Waals surface area contributed by atoms with Crippen molar-refractivity contribution in [3.8, 4) is 6.07 Å². The lowest BCUT2D eigenvalue weighted by Gasteiger charge is -2.03. The molecule has 58 valence electrons. The fourth-order valence-corrected chi connectivity index (χ4v) is 0.487. The van der Waals surface area contributed by atoms with Gasteiger partial charge >= 0.3 is 6.01 Å². The molecule has 1 aromatic rings. The maximum atomic E-state index is 8.36. The molecule has 0 aliphatic heterocycles. The third kappa shape index (κ3) is 2.27. The summed E-state index contributed by atoms with van der Waals surface area (Å²) in [6.45, 7) is 1.72. The molecule has 1 heterocycles. The lowest BCUT2D eigenvalue weighted by Crippen LogP contribution is -2.30. The van der Waals surface area contributed by atoms with Crippen LogP contribution in [-0.2, 0) is 0 Å². The van der Waals surface area contributed by atoms with Gasteiger partial charge in [-0.15, -0.1) is 0 Å². The first-order valence-electron chi connectivity index (χ1n) is 3.13. The number of aromatic nitrogens is 1. The van der Waals surface area contributed by atoms with Crippen LogP contribution in [0.2, 0.25) is 0 Å². The van der Waals surface area contributed by atoms with Crippen molar-refractivity contribution in [1.29, 1.82) is 5.26 Å². The third-order valence-electron chi connectivity index (χ3n) is 1.02. The summed E-state index contributed by atoms with van der Waals surface area (Å²) in [5.74, 6) is 0. The fraction of sp³-hybridized carbons (Fsp3) is 0.333. The summed E-state index contributed by atoms with van der Waals surface area (Å²) in [6.07, 6.45) is 2.96. The van der Waals surface area contributed by atoms with Crippen LogP contribution in [0.3, 0.4) is 0 Å². The van der Waals surface area contributed by atoms with Gasteiger partial charge in [0.25, 0.3) is 0 Å². The second kappa shape index (κ2) is 3.58. The summed E-state index contributed by atoms with van der Waals surface area (Å²) in [7, 11) is 0. The predicted molar refractivity (Wildman–Crippen MR) is 38.3 cm³/mol. The molecular weight excluding hydrogens is 144 g/mol. The van der Waals surface area contributed by atoms with E-state index in [4.69, 9.17) is 9.68 Å². The summed E-state index contributed by atoms with van der Waals surface area (Å²) >= 11 is 0. The van der Waals surface area contributed by atoms with Gasteiger partial charge in [0, 0.05) is 0 Å². The van der Waals surface area contributed by atoms with E-state index >= 15 is 0 Å². The number of oxazole rings is 1. The Balaban J connectivity index is 2.30. The number of hydrogen-bond donors (Lipinski definition) is 2. The average Bonchev–Trinajstić information content (AvgIpc) is 2.52. The SMILES string of the molecule is CC(C#N)NNc1ncco1. The van der Waals surface area contributed by atoms with E-state index in [0.29, 0.717) is 6.01 Å². The molecule has 0 spiro atoms. The van der Waals surface area contributed by atoms with Crippen LogP contribution in [0.1, 0.15) is 6.92 Å². The molecule has 2 N–H and O–H groups in total. The summed E-state index contributed by atoms with van der Waals surface area (Å²) in [4.78, 5) is 3.77. The summed E-state index contributed by atoms with van der Waals surface area (Å²) in [5.41, 5.74) is 5.29. The molecule has 0 saturated carbocycles. The number of hydrogen-bond acceptors (Lipinski definition) is 5. The molecular formula is C6H8N4O. The molecule has 0 saturated heterocycles. The van der Waals surface area contributed by atoms with Crippen LogP contribution in [0.4, 0.5) is 6.01 Å². The van der Waals surface area contributed by atoms with Crippen molar-refractivity contribution < 1.29 is 4.42 Å². The van der Waals surface area contributed by atoms with Gasteiger partial charge in [-0.1, -0.05) is 0 Å². The fourth-order valence-electron chi connectivity index (χ4n) is 0.487. The van der Waals surface area contributed by atoms with E-state index in [1.807, 2.05) is 6.07 Å². The number of nitriles is 1. The van der Waals surface area contributed by atoms with E-state index in [1.54, 1.807) is 6.92 Å². The first-order valence-corrected chi connectivity index (χ1v) is 3.13. The first-order chi connectivity index (χ1) is 5.33. The van der Waals surface area contributed by atoms with Crippen LogP contribution in [0.5, 0.6) is 0 Å². The molecule has 5 heteroatoms.